The van der Waals surface area contributed by atoms with Crippen LogP contribution in [-0.4, -0.2) is 23.0 Å². The highest BCUT2D eigenvalue weighted by Gasteiger charge is 2.20. The Balaban J connectivity index is 2.45. The Labute approximate surface area is 134 Å². The van der Waals surface area contributed by atoms with Gasteiger partial charge in [-0.3, -0.25) is 4.79 Å². The van der Waals surface area contributed by atoms with Gasteiger partial charge in [-0.25, -0.2) is 4.98 Å². The molecule has 1 aromatic heterocycles. The van der Waals surface area contributed by atoms with Crippen LogP contribution in [0.15, 0.2) is 48.5 Å². The van der Waals surface area contributed by atoms with Gasteiger partial charge in [-0.2, -0.15) is 0 Å². The van der Waals surface area contributed by atoms with Gasteiger partial charge in [-0.1, -0.05) is 42.0 Å². The molecule has 4 nitrogen and oxygen atoms in total. The number of pyridine rings is 1. The standard InChI is InChI=1S/C19H18N2O2/c1-12-8-9-16-14(10-12)17(13-6-4-3-5-7-13)15(11-22)18(21-16)19(23)20-2/h3-10,22H,11H2,1-2H3,(H,20,23). The van der Waals surface area contributed by atoms with Crippen LogP contribution in [-0.2, 0) is 6.61 Å². The first-order valence-corrected chi connectivity index (χ1v) is 7.47. The number of rotatable bonds is 3. The highest BCUT2D eigenvalue weighted by Crippen LogP contribution is 2.33. The number of fused-ring (bicyclic) bond motifs is 1. The summed E-state index contributed by atoms with van der Waals surface area (Å²) in [6, 6.07) is 15.7. The van der Waals surface area contributed by atoms with E-state index < -0.39 is 0 Å². The molecule has 0 radical (unpaired) electrons. The summed E-state index contributed by atoms with van der Waals surface area (Å²) >= 11 is 0. The Kier molecular flexibility index (Phi) is 4.08. The lowest BCUT2D eigenvalue weighted by Crippen LogP contribution is -2.22. The second kappa shape index (κ2) is 6.18. The molecule has 2 aromatic carbocycles. The Morgan fingerprint density at radius 2 is 1.91 bits per heavy atom. The molecule has 0 bridgehead atoms. The van der Waals surface area contributed by atoms with Crippen molar-refractivity contribution in [2.45, 2.75) is 13.5 Å². The number of hydrogen-bond acceptors (Lipinski definition) is 3. The van der Waals surface area contributed by atoms with Gasteiger partial charge in [0.05, 0.1) is 12.1 Å². The zero-order valence-electron chi connectivity index (χ0n) is 13.1. The molecule has 4 heteroatoms. The number of aliphatic hydroxyl groups excluding tert-OH is 1. The summed E-state index contributed by atoms with van der Waals surface area (Å²) in [6.07, 6.45) is 0. The normalized spacial score (nSPS) is 10.7. The summed E-state index contributed by atoms with van der Waals surface area (Å²) in [4.78, 5) is 16.7. The minimum atomic E-state index is -0.297. The largest absolute Gasteiger partial charge is 0.392 e. The second-order valence-electron chi connectivity index (χ2n) is 5.44. The number of amides is 1. The van der Waals surface area contributed by atoms with Crippen molar-refractivity contribution in [3.05, 3.63) is 65.4 Å². The molecule has 3 aromatic rings. The summed E-state index contributed by atoms with van der Waals surface area (Å²) in [5, 5.41) is 13.4. The number of nitrogens with zero attached hydrogens (tertiary/aromatic N) is 1. The maximum Gasteiger partial charge on any atom is 0.270 e. The maximum absolute atomic E-state index is 12.2. The number of aliphatic hydroxyl groups is 1. The average molecular weight is 306 g/mol. The average Bonchev–Trinajstić information content (AvgIpc) is 2.60. The molecule has 1 heterocycles. The maximum atomic E-state index is 12.2. The molecule has 116 valence electrons. The predicted molar refractivity (Wildman–Crippen MR) is 91.2 cm³/mol. The molecule has 0 aliphatic rings. The molecule has 23 heavy (non-hydrogen) atoms. The van der Waals surface area contributed by atoms with Crippen LogP contribution in [0, 0.1) is 6.92 Å². The fraction of sp³-hybridized carbons (Fsp3) is 0.158. The minimum absolute atomic E-state index is 0.246. The quantitative estimate of drug-likeness (QED) is 0.782. The van der Waals surface area contributed by atoms with E-state index in [0.717, 1.165) is 27.6 Å². The fourth-order valence-electron chi connectivity index (χ4n) is 2.81. The van der Waals surface area contributed by atoms with E-state index in [1.807, 2.05) is 55.5 Å². The van der Waals surface area contributed by atoms with E-state index >= 15 is 0 Å². The Hall–Kier alpha value is -2.72. The third-order valence-corrected chi connectivity index (χ3v) is 3.90. The first-order chi connectivity index (χ1) is 11.2. The topological polar surface area (TPSA) is 62.2 Å². The van der Waals surface area contributed by atoms with Gasteiger partial charge >= 0.3 is 0 Å². The summed E-state index contributed by atoms with van der Waals surface area (Å²) in [5.74, 6) is -0.297. The van der Waals surface area contributed by atoms with E-state index in [1.54, 1.807) is 7.05 Å². The molecule has 0 spiro atoms. The van der Waals surface area contributed by atoms with Gasteiger partial charge in [0.25, 0.3) is 5.91 Å². The Morgan fingerprint density at radius 3 is 2.57 bits per heavy atom. The lowest BCUT2D eigenvalue weighted by molar-refractivity contribution is 0.0955. The third-order valence-electron chi connectivity index (χ3n) is 3.90. The molecular weight excluding hydrogens is 288 g/mol. The molecule has 3 rings (SSSR count). The Morgan fingerprint density at radius 1 is 1.17 bits per heavy atom. The first kappa shape index (κ1) is 15.2. The molecule has 0 atom stereocenters. The van der Waals surface area contributed by atoms with Gasteiger partial charge in [0.2, 0.25) is 0 Å². The van der Waals surface area contributed by atoms with Crippen molar-refractivity contribution < 1.29 is 9.90 Å². The smallest absolute Gasteiger partial charge is 0.270 e. The lowest BCUT2D eigenvalue weighted by Gasteiger charge is -2.16. The van der Waals surface area contributed by atoms with Crippen molar-refractivity contribution in [1.82, 2.24) is 10.3 Å². The fourth-order valence-corrected chi connectivity index (χ4v) is 2.81. The molecule has 2 N–H and O–H groups in total. The van der Waals surface area contributed by atoms with Crippen LogP contribution in [0.2, 0.25) is 0 Å². The lowest BCUT2D eigenvalue weighted by atomic mass is 9.93. The van der Waals surface area contributed by atoms with Gasteiger partial charge in [-0.15, -0.1) is 0 Å². The zero-order valence-corrected chi connectivity index (χ0v) is 13.1. The van der Waals surface area contributed by atoms with E-state index in [2.05, 4.69) is 10.3 Å². The molecule has 0 saturated heterocycles. The van der Waals surface area contributed by atoms with Gasteiger partial charge in [0.1, 0.15) is 5.69 Å². The minimum Gasteiger partial charge on any atom is -0.392 e. The van der Waals surface area contributed by atoms with Crippen molar-refractivity contribution in [1.29, 1.82) is 0 Å². The van der Waals surface area contributed by atoms with E-state index in [9.17, 15) is 9.90 Å². The number of nitrogens with one attached hydrogen (secondary N) is 1. The van der Waals surface area contributed by atoms with E-state index in [1.165, 1.54) is 0 Å². The number of carbonyl (C=O) groups is 1. The van der Waals surface area contributed by atoms with Crippen LogP contribution in [0.3, 0.4) is 0 Å². The summed E-state index contributed by atoms with van der Waals surface area (Å²) in [5.41, 5.74) is 4.48. The molecular formula is C19H18N2O2. The van der Waals surface area contributed by atoms with E-state index in [0.29, 0.717) is 5.56 Å². The number of hydrogen-bond donors (Lipinski definition) is 2. The van der Waals surface area contributed by atoms with Gasteiger partial charge in [-0.05, 0) is 30.2 Å². The van der Waals surface area contributed by atoms with Crippen LogP contribution in [0.25, 0.3) is 22.0 Å². The van der Waals surface area contributed by atoms with Crippen LogP contribution in [0.1, 0.15) is 21.6 Å². The van der Waals surface area contributed by atoms with Crippen molar-refractivity contribution in [2.75, 3.05) is 7.05 Å². The first-order valence-electron chi connectivity index (χ1n) is 7.47. The monoisotopic (exact) mass is 306 g/mol. The summed E-state index contributed by atoms with van der Waals surface area (Å²) in [7, 11) is 1.56. The summed E-state index contributed by atoms with van der Waals surface area (Å²) in [6.45, 7) is 1.77. The molecule has 0 aliphatic carbocycles. The SMILES string of the molecule is CNC(=O)c1nc2ccc(C)cc2c(-c2ccccc2)c1CO. The molecule has 0 aliphatic heterocycles. The van der Waals surface area contributed by atoms with E-state index in [4.69, 9.17) is 0 Å². The Bertz CT molecular complexity index is 873. The van der Waals surface area contributed by atoms with Crippen LogP contribution < -0.4 is 5.32 Å². The second-order valence-corrected chi connectivity index (χ2v) is 5.44. The highest BCUT2D eigenvalue weighted by atomic mass is 16.3. The van der Waals surface area contributed by atoms with Crippen LogP contribution in [0.4, 0.5) is 0 Å². The predicted octanol–water partition coefficient (Wildman–Crippen LogP) is 3.06. The highest BCUT2D eigenvalue weighted by molar-refractivity contribution is 6.03. The number of aromatic nitrogens is 1. The van der Waals surface area contributed by atoms with Gasteiger partial charge in [0.15, 0.2) is 0 Å². The van der Waals surface area contributed by atoms with E-state index in [-0.39, 0.29) is 18.2 Å². The van der Waals surface area contributed by atoms with Gasteiger partial charge < -0.3 is 10.4 Å². The van der Waals surface area contributed by atoms with Crippen molar-refractivity contribution >= 4 is 16.8 Å². The summed E-state index contributed by atoms with van der Waals surface area (Å²) < 4.78 is 0. The molecule has 0 unspecified atom stereocenters. The van der Waals surface area contributed by atoms with Crippen LogP contribution >= 0.6 is 0 Å². The number of carbonyl (C=O) groups excluding carboxylic acids is 1. The third kappa shape index (κ3) is 2.69. The van der Waals surface area contributed by atoms with Gasteiger partial charge in [0, 0.05) is 18.0 Å². The molecule has 1 amide bonds. The van der Waals surface area contributed by atoms with Crippen molar-refractivity contribution in [3.8, 4) is 11.1 Å². The van der Waals surface area contributed by atoms with Crippen molar-refractivity contribution in [3.63, 3.8) is 0 Å². The number of aryl methyl sites for hydroxylation is 1. The van der Waals surface area contributed by atoms with Crippen molar-refractivity contribution in [2.24, 2.45) is 0 Å². The zero-order chi connectivity index (χ0) is 16.4. The number of benzene rings is 2. The molecule has 0 fully saturated rings. The molecule has 0 saturated carbocycles. The van der Waals surface area contributed by atoms with Crippen LogP contribution in [0.5, 0.6) is 0 Å².